The predicted molar refractivity (Wildman–Crippen MR) is 105 cm³/mol. The van der Waals surface area contributed by atoms with E-state index in [1.165, 1.54) is 12.4 Å². The largest absolute Gasteiger partial charge is 0.324 e. The van der Waals surface area contributed by atoms with Gasteiger partial charge in [0.25, 0.3) is 5.91 Å². The Morgan fingerprint density at radius 3 is 2.42 bits per heavy atom. The fourth-order valence-corrected chi connectivity index (χ4v) is 2.57. The zero-order valence-electron chi connectivity index (χ0n) is 14.8. The first-order valence-electron chi connectivity index (χ1n) is 8.17. The van der Waals surface area contributed by atoms with E-state index in [1.54, 1.807) is 6.07 Å². The van der Waals surface area contributed by atoms with Crippen LogP contribution < -0.4 is 10.6 Å². The molecule has 1 aromatic heterocycles. The minimum Gasteiger partial charge on any atom is -0.324 e. The van der Waals surface area contributed by atoms with Gasteiger partial charge in [0.1, 0.15) is 0 Å². The number of anilines is 3. The van der Waals surface area contributed by atoms with E-state index < -0.39 is 0 Å². The highest BCUT2D eigenvalue weighted by Gasteiger charge is 2.10. The van der Waals surface area contributed by atoms with Crippen molar-refractivity contribution in [1.82, 2.24) is 9.97 Å². The molecule has 1 amide bonds. The van der Waals surface area contributed by atoms with Crippen LogP contribution >= 0.6 is 11.6 Å². The molecule has 3 rings (SSSR count). The van der Waals surface area contributed by atoms with Crippen molar-refractivity contribution in [2.75, 3.05) is 10.6 Å². The third-order valence-electron chi connectivity index (χ3n) is 4.19. The number of amides is 1. The van der Waals surface area contributed by atoms with Crippen LogP contribution in [-0.4, -0.2) is 15.9 Å². The first-order valence-corrected chi connectivity index (χ1v) is 8.54. The van der Waals surface area contributed by atoms with E-state index in [2.05, 4.69) is 20.6 Å². The van der Waals surface area contributed by atoms with Gasteiger partial charge in [0.2, 0.25) is 5.95 Å². The molecule has 0 radical (unpaired) electrons. The first-order chi connectivity index (χ1) is 12.4. The summed E-state index contributed by atoms with van der Waals surface area (Å²) in [4.78, 5) is 20.8. The van der Waals surface area contributed by atoms with Gasteiger partial charge in [-0.1, -0.05) is 29.8 Å². The zero-order valence-corrected chi connectivity index (χ0v) is 15.6. The highest BCUT2D eigenvalue weighted by Crippen LogP contribution is 2.22. The summed E-state index contributed by atoms with van der Waals surface area (Å²) in [5, 5.41) is 6.63. The molecule has 6 heteroatoms. The molecule has 0 bridgehead atoms. The first kappa shape index (κ1) is 17.9. The molecule has 3 aromatic rings. The maximum absolute atomic E-state index is 12.4. The second kappa shape index (κ2) is 7.54. The summed E-state index contributed by atoms with van der Waals surface area (Å²) in [7, 11) is 0. The van der Waals surface area contributed by atoms with Gasteiger partial charge >= 0.3 is 0 Å². The van der Waals surface area contributed by atoms with E-state index in [4.69, 9.17) is 11.6 Å². The number of benzene rings is 2. The molecule has 2 N–H and O–H groups in total. The van der Waals surface area contributed by atoms with E-state index >= 15 is 0 Å². The Labute approximate surface area is 157 Å². The Bertz CT molecular complexity index is 955. The molecule has 5 nitrogen and oxygen atoms in total. The Balaban J connectivity index is 1.71. The summed E-state index contributed by atoms with van der Waals surface area (Å²) >= 11 is 6.11. The summed E-state index contributed by atoms with van der Waals surface area (Å²) < 4.78 is 0. The Morgan fingerprint density at radius 1 is 1.00 bits per heavy atom. The molecule has 0 aliphatic rings. The van der Waals surface area contributed by atoms with Crippen LogP contribution in [0.4, 0.5) is 17.3 Å². The summed E-state index contributed by atoms with van der Waals surface area (Å²) in [5.74, 6) is 0.150. The molecule has 132 valence electrons. The van der Waals surface area contributed by atoms with Crippen LogP contribution in [-0.2, 0) is 0 Å². The van der Waals surface area contributed by atoms with E-state index in [-0.39, 0.29) is 5.91 Å². The van der Waals surface area contributed by atoms with Gasteiger partial charge in [-0.25, -0.2) is 9.97 Å². The smallest absolute Gasteiger partial charge is 0.258 e. The van der Waals surface area contributed by atoms with Crippen molar-refractivity contribution >= 4 is 34.8 Å². The minimum absolute atomic E-state index is 0.247. The molecular formula is C20H19ClN4O. The number of aryl methyl sites for hydroxylation is 2. The Kier molecular flexibility index (Phi) is 5.19. The predicted octanol–water partition coefficient (Wildman–Crippen LogP) is 5.05. The summed E-state index contributed by atoms with van der Waals surface area (Å²) in [5.41, 5.74) is 5.11. The van der Waals surface area contributed by atoms with Crippen LogP contribution in [0.2, 0.25) is 5.02 Å². The van der Waals surface area contributed by atoms with Gasteiger partial charge in [-0.15, -0.1) is 0 Å². The lowest BCUT2D eigenvalue weighted by molar-refractivity contribution is 0.102. The second-order valence-electron chi connectivity index (χ2n) is 6.09. The van der Waals surface area contributed by atoms with Crippen LogP contribution in [0, 0.1) is 20.8 Å². The number of rotatable bonds is 4. The third kappa shape index (κ3) is 4.00. The molecule has 0 spiro atoms. The molecule has 1 heterocycles. The minimum atomic E-state index is -0.247. The number of carbonyl (C=O) groups is 1. The number of aromatic nitrogens is 2. The van der Waals surface area contributed by atoms with Gasteiger partial charge in [0.05, 0.1) is 5.56 Å². The second-order valence-corrected chi connectivity index (χ2v) is 6.49. The Hall–Kier alpha value is -2.92. The lowest BCUT2D eigenvalue weighted by atomic mass is 10.1. The average Bonchev–Trinajstić information content (AvgIpc) is 2.63. The van der Waals surface area contributed by atoms with Crippen LogP contribution in [0.15, 0.2) is 48.8 Å². The van der Waals surface area contributed by atoms with Crippen LogP contribution in [0.5, 0.6) is 0 Å². The average molecular weight is 367 g/mol. The summed E-state index contributed by atoms with van der Waals surface area (Å²) in [6.07, 6.45) is 2.98. The third-order valence-corrected chi connectivity index (χ3v) is 4.60. The topological polar surface area (TPSA) is 66.9 Å². The maximum atomic E-state index is 12.4. The van der Waals surface area contributed by atoms with Crippen molar-refractivity contribution < 1.29 is 4.79 Å². The van der Waals surface area contributed by atoms with Crippen molar-refractivity contribution in [2.45, 2.75) is 20.8 Å². The highest BCUT2D eigenvalue weighted by atomic mass is 35.5. The monoisotopic (exact) mass is 366 g/mol. The molecule has 0 saturated heterocycles. The highest BCUT2D eigenvalue weighted by molar-refractivity contribution is 6.31. The van der Waals surface area contributed by atoms with Gasteiger partial charge in [0.15, 0.2) is 0 Å². The molecule has 0 fully saturated rings. The van der Waals surface area contributed by atoms with Crippen molar-refractivity contribution in [1.29, 1.82) is 0 Å². The molecule has 0 saturated carbocycles. The number of hydrogen-bond acceptors (Lipinski definition) is 4. The molecule has 0 atom stereocenters. The van der Waals surface area contributed by atoms with Gasteiger partial charge < -0.3 is 10.6 Å². The van der Waals surface area contributed by atoms with Crippen LogP contribution in [0.25, 0.3) is 0 Å². The quantitative estimate of drug-likeness (QED) is 0.678. The lowest BCUT2D eigenvalue weighted by Gasteiger charge is -2.10. The number of hydrogen-bond donors (Lipinski definition) is 2. The molecule has 0 aliphatic carbocycles. The normalized spacial score (nSPS) is 10.5. The van der Waals surface area contributed by atoms with Crippen molar-refractivity contribution in [2.24, 2.45) is 0 Å². The number of carbonyl (C=O) groups excluding carboxylic acids is 1. The fourth-order valence-electron chi connectivity index (χ4n) is 2.39. The molecule has 2 aromatic carbocycles. The molecule has 0 aliphatic heterocycles. The SMILES string of the molecule is Cc1ccc(Nc2ncc(C(=O)Nc3cccc(C)c3C)cn2)cc1Cl. The number of nitrogens with zero attached hydrogens (tertiary/aromatic N) is 2. The zero-order chi connectivity index (χ0) is 18.7. The molecular weight excluding hydrogens is 348 g/mol. The van der Waals surface area contributed by atoms with E-state index in [9.17, 15) is 4.79 Å². The molecule has 0 unspecified atom stereocenters. The standard InChI is InChI=1S/C20H19ClN4O/c1-12-5-4-6-18(14(12)3)25-19(26)15-10-22-20(23-11-15)24-16-8-7-13(2)17(21)9-16/h4-11H,1-3H3,(H,25,26)(H,22,23,24). The number of halogens is 1. The lowest BCUT2D eigenvalue weighted by Crippen LogP contribution is -2.14. The van der Waals surface area contributed by atoms with Gasteiger partial charge in [-0.2, -0.15) is 0 Å². The fraction of sp³-hybridized carbons (Fsp3) is 0.150. The maximum Gasteiger partial charge on any atom is 0.258 e. The molecule has 26 heavy (non-hydrogen) atoms. The van der Waals surface area contributed by atoms with E-state index in [1.807, 2.05) is 51.1 Å². The Morgan fingerprint density at radius 2 is 1.73 bits per heavy atom. The number of nitrogens with one attached hydrogen (secondary N) is 2. The van der Waals surface area contributed by atoms with Gasteiger partial charge in [0, 0.05) is 28.8 Å². The van der Waals surface area contributed by atoms with Crippen molar-refractivity contribution in [3.63, 3.8) is 0 Å². The van der Waals surface area contributed by atoms with Crippen molar-refractivity contribution in [3.8, 4) is 0 Å². The van der Waals surface area contributed by atoms with Crippen LogP contribution in [0.1, 0.15) is 27.0 Å². The van der Waals surface area contributed by atoms with Gasteiger partial charge in [-0.3, -0.25) is 4.79 Å². The van der Waals surface area contributed by atoms with Crippen molar-refractivity contribution in [3.05, 3.63) is 76.1 Å². The summed E-state index contributed by atoms with van der Waals surface area (Å²) in [6.45, 7) is 5.92. The van der Waals surface area contributed by atoms with Gasteiger partial charge in [-0.05, 0) is 55.7 Å². The van der Waals surface area contributed by atoms with Crippen LogP contribution in [0.3, 0.4) is 0 Å². The summed E-state index contributed by atoms with van der Waals surface area (Å²) in [6, 6.07) is 11.4. The van der Waals surface area contributed by atoms with E-state index in [0.29, 0.717) is 16.5 Å². The van der Waals surface area contributed by atoms with E-state index in [0.717, 1.165) is 28.1 Å².